The Morgan fingerprint density at radius 2 is 2.14 bits per heavy atom. The minimum absolute atomic E-state index is 0.132. The summed E-state index contributed by atoms with van der Waals surface area (Å²) in [6.07, 6.45) is 1.31. The van der Waals surface area contributed by atoms with E-state index in [1.54, 1.807) is 14.2 Å². The van der Waals surface area contributed by atoms with E-state index in [1.165, 1.54) is 0 Å². The molecular formula is C16H26N2O3. The second-order valence-corrected chi connectivity index (χ2v) is 5.59. The Kier molecular flexibility index (Phi) is 5.45. The zero-order valence-electron chi connectivity index (χ0n) is 13.3. The van der Waals surface area contributed by atoms with Crippen LogP contribution in [0.3, 0.4) is 0 Å². The number of ether oxygens (including phenoxy) is 3. The van der Waals surface area contributed by atoms with Crippen molar-refractivity contribution in [3.63, 3.8) is 0 Å². The number of nitrogens with two attached hydrogens (primary N) is 1. The Balaban J connectivity index is 2.10. The molecule has 1 heterocycles. The molecule has 0 saturated carbocycles. The van der Waals surface area contributed by atoms with Gasteiger partial charge in [0.05, 0.1) is 20.3 Å². The molecule has 0 aromatic heterocycles. The van der Waals surface area contributed by atoms with E-state index in [1.807, 2.05) is 18.2 Å². The molecule has 118 valence electrons. The van der Waals surface area contributed by atoms with Crippen LogP contribution >= 0.6 is 0 Å². The largest absolute Gasteiger partial charge is 0.497 e. The fourth-order valence-corrected chi connectivity index (χ4v) is 2.97. The van der Waals surface area contributed by atoms with Crippen LogP contribution in [0.5, 0.6) is 11.5 Å². The molecule has 3 atom stereocenters. The minimum atomic E-state index is -0.132. The van der Waals surface area contributed by atoms with Crippen LogP contribution in [0.4, 0.5) is 0 Å². The lowest BCUT2D eigenvalue weighted by molar-refractivity contribution is 0.0817. The van der Waals surface area contributed by atoms with Gasteiger partial charge < -0.3 is 19.9 Å². The number of benzene rings is 1. The molecule has 0 radical (unpaired) electrons. The molecule has 3 unspecified atom stereocenters. The van der Waals surface area contributed by atoms with Gasteiger partial charge >= 0.3 is 0 Å². The van der Waals surface area contributed by atoms with Crippen LogP contribution in [-0.2, 0) is 4.74 Å². The Hall–Kier alpha value is -1.30. The normalized spacial score (nSPS) is 23.3. The fraction of sp³-hybridized carbons (Fsp3) is 0.625. The molecule has 0 amide bonds. The van der Waals surface area contributed by atoms with E-state index in [-0.39, 0.29) is 12.1 Å². The Bertz CT molecular complexity index is 467. The third kappa shape index (κ3) is 3.67. The molecule has 0 bridgehead atoms. The van der Waals surface area contributed by atoms with Crippen molar-refractivity contribution in [3.05, 3.63) is 23.8 Å². The molecule has 2 N–H and O–H groups in total. The summed E-state index contributed by atoms with van der Waals surface area (Å²) in [5.41, 5.74) is 7.36. The summed E-state index contributed by atoms with van der Waals surface area (Å²) < 4.78 is 16.3. The maximum atomic E-state index is 6.39. The van der Waals surface area contributed by atoms with Gasteiger partial charge in [-0.2, -0.15) is 0 Å². The minimum Gasteiger partial charge on any atom is -0.497 e. The third-order valence-corrected chi connectivity index (χ3v) is 4.22. The first kappa shape index (κ1) is 16.1. The summed E-state index contributed by atoms with van der Waals surface area (Å²) in [6.45, 7) is 3.70. The molecule has 1 aromatic carbocycles. The Labute approximate surface area is 127 Å². The molecule has 1 aliphatic rings. The maximum absolute atomic E-state index is 6.39. The highest BCUT2D eigenvalue weighted by Crippen LogP contribution is 2.29. The molecule has 1 aromatic rings. The zero-order valence-corrected chi connectivity index (χ0v) is 13.3. The van der Waals surface area contributed by atoms with Gasteiger partial charge in [0.25, 0.3) is 0 Å². The van der Waals surface area contributed by atoms with E-state index in [0.29, 0.717) is 6.04 Å². The molecule has 1 saturated heterocycles. The van der Waals surface area contributed by atoms with E-state index in [9.17, 15) is 0 Å². The predicted octanol–water partition coefficient (Wildman–Crippen LogP) is 1.81. The van der Waals surface area contributed by atoms with Crippen molar-refractivity contribution in [3.8, 4) is 11.5 Å². The number of nitrogens with zero attached hydrogens (tertiary/aromatic N) is 1. The summed E-state index contributed by atoms with van der Waals surface area (Å²) in [5.74, 6) is 1.59. The van der Waals surface area contributed by atoms with Crippen molar-refractivity contribution in [2.24, 2.45) is 5.73 Å². The van der Waals surface area contributed by atoms with Crippen molar-refractivity contribution in [2.75, 3.05) is 34.4 Å². The molecule has 21 heavy (non-hydrogen) atoms. The van der Waals surface area contributed by atoms with Crippen LogP contribution in [0.1, 0.15) is 24.9 Å². The quantitative estimate of drug-likeness (QED) is 0.867. The molecule has 5 nitrogen and oxygen atoms in total. The lowest BCUT2D eigenvalue weighted by Crippen LogP contribution is -2.40. The van der Waals surface area contributed by atoms with Crippen LogP contribution < -0.4 is 15.2 Å². The van der Waals surface area contributed by atoms with Gasteiger partial charge in [0.2, 0.25) is 0 Å². The van der Waals surface area contributed by atoms with Crippen LogP contribution in [0.25, 0.3) is 0 Å². The highest BCUT2D eigenvalue weighted by atomic mass is 16.5. The van der Waals surface area contributed by atoms with Gasteiger partial charge in [0, 0.05) is 30.8 Å². The SMILES string of the molecule is COc1ccc(OC)c(C(N)CN(C)C2CCOC2C)c1. The summed E-state index contributed by atoms with van der Waals surface area (Å²) in [5, 5.41) is 0. The lowest BCUT2D eigenvalue weighted by atomic mass is 10.0. The van der Waals surface area contributed by atoms with Crippen LogP contribution in [0, 0.1) is 0 Å². The summed E-state index contributed by atoms with van der Waals surface area (Å²) in [7, 11) is 5.41. The average molecular weight is 294 g/mol. The van der Waals surface area contributed by atoms with Gasteiger partial charge in [-0.05, 0) is 38.6 Å². The zero-order chi connectivity index (χ0) is 15.4. The number of hydrogen-bond donors (Lipinski definition) is 1. The first-order chi connectivity index (χ1) is 10.1. The smallest absolute Gasteiger partial charge is 0.123 e. The Morgan fingerprint density at radius 3 is 2.71 bits per heavy atom. The molecule has 1 fully saturated rings. The highest BCUT2D eigenvalue weighted by molar-refractivity contribution is 5.42. The second kappa shape index (κ2) is 7.11. The number of methoxy groups -OCH3 is 2. The van der Waals surface area contributed by atoms with Crippen LogP contribution in [0.15, 0.2) is 18.2 Å². The van der Waals surface area contributed by atoms with Gasteiger partial charge in [-0.3, -0.25) is 4.90 Å². The summed E-state index contributed by atoms with van der Waals surface area (Å²) in [4.78, 5) is 2.28. The van der Waals surface area contributed by atoms with E-state index >= 15 is 0 Å². The van der Waals surface area contributed by atoms with Crippen molar-refractivity contribution >= 4 is 0 Å². The van der Waals surface area contributed by atoms with Gasteiger partial charge in [0.1, 0.15) is 11.5 Å². The molecule has 0 spiro atoms. The highest BCUT2D eigenvalue weighted by Gasteiger charge is 2.29. The van der Waals surface area contributed by atoms with Crippen LogP contribution in [-0.4, -0.2) is 51.5 Å². The van der Waals surface area contributed by atoms with Gasteiger partial charge in [-0.15, -0.1) is 0 Å². The van der Waals surface area contributed by atoms with E-state index in [0.717, 1.165) is 36.6 Å². The van der Waals surface area contributed by atoms with Crippen molar-refractivity contribution in [1.29, 1.82) is 0 Å². The van der Waals surface area contributed by atoms with E-state index in [2.05, 4.69) is 18.9 Å². The summed E-state index contributed by atoms with van der Waals surface area (Å²) >= 11 is 0. The molecule has 0 aliphatic carbocycles. The predicted molar refractivity (Wildman–Crippen MR) is 82.9 cm³/mol. The summed E-state index contributed by atoms with van der Waals surface area (Å²) in [6, 6.07) is 6.02. The van der Waals surface area contributed by atoms with Gasteiger partial charge in [0.15, 0.2) is 0 Å². The average Bonchev–Trinajstić information content (AvgIpc) is 2.92. The second-order valence-electron chi connectivity index (χ2n) is 5.59. The van der Waals surface area contributed by atoms with Gasteiger partial charge in [-0.25, -0.2) is 0 Å². The first-order valence-corrected chi connectivity index (χ1v) is 7.36. The standard InChI is InChI=1S/C16H26N2O3/c1-11-15(7-8-21-11)18(2)10-14(17)13-9-12(19-3)5-6-16(13)20-4/h5-6,9,11,14-15H,7-8,10,17H2,1-4H3. The van der Waals surface area contributed by atoms with Crippen LogP contribution in [0.2, 0.25) is 0 Å². The molecule has 1 aliphatic heterocycles. The fourth-order valence-electron chi connectivity index (χ4n) is 2.97. The maximum Gasteiger partial charge on any atom is 0.123 e. The van der Waals surface area contributed by atoms with E-state index < -0.39 is 0 Å². The topological polar surface area (TPSA) is 57.0 Å². The molecular weight excluding hydrogens is 268 g/mol. The Morgan fingerprint density at radius 1 is 1.38 bits per heavy atom. The number of hydrogen-bond acceptors (Lipinski definition) is 5. The van der Waals surface area contributed by atoms with Crippen molar-refractivity contribution < 1.29 is 14.2 Å². The number of rotatable bonds is 6. The lowest BCUT2D eigenvalue weighted by Gasteiger charge is -2.29. The van der Waals surface area contributed by atoms with Gasteiger partial charge in [-0.1, -0.05) is 0 Å². The van der Waals surface area contributed by atoms with E-state index in [4.69, 9.17) is 19.9 Å². The van der Waals surface area contributed by atoms with Crippen molar-refractivity contribution in [1.82, 2.24) is 4.90 Å². The monoisotopic (exact) mass is 294 g/mol. The first-order valence-electron chi connectivity index (χ1n) is 7.36. The number of likely N-dealkylation sites (N-methyl/N-ethyl adjacent to an activating group) is 1. The molecule has 2 rings (SSSR count). The third-order valence-electron chi connectivity index (χ3n) is 4.22. The molecule has 5 heteroatoms. The van der Waals surface area contributed by atoms with Crippen molar-refractivity contribution in [2.45, 2.75) is 31.5 Å².